The zero-order chi connectivity index (χ0) is 17.2. The van der Waals surface area contributed by atoms with Gasteiger partial charge in [0.1, 0.15) is 23.8 Å². The van der Waals surface area contributed by atoms with Gasteiger partial charge in [-0.05, 0) is 29.3 Å². The van der Waals surface area contributed by atoms with Crippen molar-refractivity contribution >= 4 is 23.0 Å². The highest BCUT2D eigenvalue weighted by Gasteiger charge is 2.15. The number of methoxy groups -OCH3 is 1. The van der Waals surface area contributed by atoms with Crippen LogP contribution in [0, 0.1) is 0 Å². The van der Waals surface area contributed by atoms with Crippen molar-refractivity contribution in [2.45, 2.75) is 0 Å². The third-order valence-electron chi connectivity index (χ3n) is 4.18. The van der Waals surface area contributed by atoms with E-state index in [2.05, 4.69) is 30.3 Å². The van der Waals surface area contributed by atoms with Crippen molar-refractivity contribution in [2.24, 2.45) is 4.99 Å². The first-order valence-electron chi connectivity index (χ1n) is 7.98. The zero-order valence-corrected chi connectivity index (χ0v) is 14.5. The average molecular weight is 350 g/mol. The van der Waals surface area contributed by atoms with Crippen LogP contribution in [0.3, 0.4) is 0 Å². The molecule has 4 rings (SSSR count). The van der Waals surface area contributed by atoms with Gasteiger partial charge in [-0.1, -0.05) is 54.1 Å². The standard InChI is InChI=1S/C21H16ClNO2/c1-24-20-5-3-2-4-17(20)14-6-8-15(9-7-14)19-13-25-21-12-16(22)10-11-18(21)23-19/h2-12H,13H2,1H3. The molecule has 0 amide bonds. The van der Waals surface area contributed by atoms with Crippen LogP contribution in [0.15, 0.2) is 71.7 Å². The van der Waals surface area contributed by atoms with E-state index >= 15 is 0 Å². The van der Waals surface area contributed by atoms with Gasteiger partial charge in [-0.2, -0.15) is 0 Å². The Kier molecular flexibility index (Phi) is 4.16. The van der Waals surface area contributed by atoms with Crippen LogP contribution in [0.1, 0.15) is 5.56 Å². The summed E-state index contributed by atoms with van der Waals surface area (Å²) in [4.78, 5) is 4.70. The average Bonchev–Trinajstić information content (AvgIpc) is 2.67. The highest BCUT2D eigenvalue weighted by atomic mass is 35.5. The van der Waals surface area contributed by atoms with Crippen LogP contribution < -0.4 is 9.47 Å². The number of nitrogens with zero attached hydrogens (tertiary/aromatic N) is 1. The van der Waals surface area contributed by atoms with Crippen LogP contribution in [0.4, 0.5) is 5.69 Å². The van der Waals surface area contributed by atoms with Crippen LogP contribution in [0.5, 0.6) is 11.5 Å². The van der Waals surface area contributed by atoms with E-state index in [9.17, 15) is 0 Å². The summed E-state index contributed by atoms with van der Waals surface area (Å²) in [6.07, 6.45) is 0. The summed E-state index contributed by atoms with van der Waals surface area (Å²) in [5, 5.41) is 0.651. The number of benzene rings is 3. The highest BCUT2D eigenvalue weighted by molar-refractivity contribution is 6.30. The highest BCUT2D eigenvalue weighted by Crippen LogP contribution is 2.34. The summed E-state index contributed by atoms with van der Waals surface area (Å²) in [5.74, 6) is 1.58. The molecule has 124 valence electrons. The van der Waals surface area contributed by atoms with Gasteiger partial charge in [-0.3, -0.25) is 0 Å². The predicted molar refractivity (Wildman–Crippen MR) is 102 cm³/mol. The number of rotatable bonds is 3. The van der Waals surface area contributed by atoms with Gasteiger partial charge in [0.25, 0.3) is 0 Å². The van der Waals surface area contributed by atoms with E-state index in [0.29, 0.717) is 11.6 Å². The molecule has 25 heavy (non-hydrogen) atoms. The summed E-state index contributed by atoms with van der Waals surface area (Å²) in [7, 11) is 1.69. The Balaban J connectivity index is 1.66. The van der Waals surface area contributed by atoms with Crippen LogP contribution in [0.25, 0.3) is 11.1 Å². The number of halogens is 1. The molecule has 0 bridgehead atoms. The first-order chi connectivity index (χ1) is 12.2. The van der Waals surface area contributed by atoms with Crippen molar-refractivity contribution in [3.05, 3.63) is 77.3 Å². The Hall–Kier alpha value is -2.78. The molecule has 0 aliphatic carbocycles. The van der Waals surface area contributed by atoms with Crippen LogP contribution in [0.2, 0.25) is 5.02 Å². The van der Waals surface area contributed by atoms with E-state index in [1.807, 2.05) is 30.3 Å². The molecule has 0 saturated heterocycles. The minimum absolute atomic E-state index is 0.432. The molecule has 0 aromatic heterocycles. The SMILES string of the molecule is COc1ccccc1-c1ccc(C2=Nc3ccc(Cl)cc3OC2)cc1. The molecule has 4 heteroatoms. The van der Waals surface area contributed by atoms with Gasteiger partial charge in [0.15, 0.2) is 0 Å². The molecule has 1 heterocycles. The fourth-order valence-corrected chi connectivity index (χ4v) is 3.05. The van der Waals surface area contributed by atoms with E-state index in [1.165, 1.54) is 0 Å². The molecule has 1 aliphatic rings. The predicted octanol–water partition coefficient (Wildman–Crippen LogP) is 5.53. The second kappa shape index (κ2) is 6.61. The number of hydrogen-bond donors (Lipinski definition) is 0. The maximum atomic E-state index is 5.99. The minimum atomic E-state index is 0.432. The third kappa shape index (κ3) is 3.11. The minimum Gasteiger partial charge on any atom is -0.496 e. The Morgan fingerprint density at radius 1 is 0.960 bits per heavy atom. The first kappa shape index (κ1) is 15.7. The first-order valence-corrected chi connectivity index (χ1v) is 8.36. The van der Waals surface area contributed by atoms with Crippen molar-refractivity contribution in [1.29, 1.82) is 0 Å². The van der Waals surface area contributed by atoms with Crippen LogP contribution in [-0.2, 0) is 0 Å². The van der Waals surface area contributed by atoms with E-state index in [1.54, 1.807) is 13.2 Å². The lowest BCUT2D eigenvalue weighted by molar-refractivity contribution is 0.373. The summed E-state index contributed by atoms with van der Waals surface area (Å²) < 4.78 is 11.2. The fraction of sp³-hybridized carbons (Fsp3) is 0.0952. The molecule has 0 fully saturated rings. The molecule has 3 aromatic rings. The molecule has 0 unspecified atom stereocenters. The van der Waals surface area contributed by atoms with Crippen molar-refractivity contribution in [1.82, 2.24) is 0 Å². The Bertz CT molecular complexity index is 948. The second-order valence-corrected chi connectivity index (χ2v) is 6.17. The zero-order valence-electron chi connectivity index (χ0n) is 13.7. The molecule has 0 saturated carbocycles. The van der Waals surface area contributed by atoms with Gasteiger partial charge in [0, 0.05) is 16.7 Å². The largest absolute Gasteiger partial charge is 0.496 e. The molecule has 0 radical (unpaired) electrons. The van der Waals surface area contributed by atoms with Gasteiger partial charge in [0.05, 0.1) is 12.8 Å². The fourth-order valence-electron chi connectivity index (χ4n) is 2.89. The lowest BCUT2D eigenvalue weighted by Gasteiger charge is -2.17. The lowest BCUT2D eigenvalue weighted by Crippen LogP contribution is -2.16. The van der Waals surface area contributed by atoms with Gasteiger partial charge in [-0.25, -0.2) is 4.99 Å². The van der Waals surface area contributed by atoms with Gasteiger partial charge in [-0.15, -0.1) is 0 Å². The maximum Gasteiger partial charge on any atom is 0.146 e. The molecule has 0 atom stereocenters. The van der Waals surface area contributed by atoms with Crippen molar-refractivity contribution in [3.63, 3.8) is 0 Å². The second-order valence-electron chi connectivity index (χ2n) is 5.74. The normalized spacial score (nSPS) is 12.8. The molecular formula is C21H16ClNO2. The van der Waals surface area contributed by atoms with Crippen molar-refractivity contribution in [3.8, 4) is 22.6 Å². The molecule has 0 N–H and O–H groups in total. The Morgan fingerprint density at radius 2 is 1.72 bits per heavy atom. The van der Waals surface area contributed by atoms with Crippen LogP contribution >= 0.6 is 11.6 Å². The molecule has 0 spiro atoms. The van der Waals surface area contributed by atoms with Crippen LogP contribution in [-0.4, -0.2) is 19.4 Å². The van der Waals surface area contributed by atoms with Crippen molar-refractivity contribution in [2.75, 3.05) is 13.7 Å². The Labute approximate surface area is 151 Å². The number of para-hydroxylation sites is 1. The number of fused-ring (bicyclic) bond motifs is 1. The van der Waals surface area contributed by atoms with E-state index < -0.39 is 0 Å². The molecule has 3 aromatic carbocycles. The van der Waals surface area contributed by atoms with Gasteiger partial charge < -0.3 is 9.47 Å². The lowest BCUT2D eigenvalue weighted by atomic mass is 10.0. The smallest absolute Gasteiger partial charge is 0.146 e. The molecule has 3 nitrogen and oxygen atoms in total. The Morgan fingerprint density at radius 3 is 2.52 bits per heavy atom. The summed E-state index contributed by atoms with van der Waals surface area (Å²) in [5.41, 5.74) is 4.92. The van der Waals surface area contributed by atoms with E-state index in [4.69, 9.17) is 26.1 Å². The monoisotopic (exact) mass is 349 g/mol. The quantitative estimate of drug-likeness (QED) is 0.622. The summed E-state index contributed by atoms with van der Waals surface area (Å²) in [6.45, 7) is 0.432. The van der Waals surface area contributed by atoms with Gasteiger partial charge >= 0.3 is 0 Å². The van der Waals surface area contributed by atoms with Gasteiger partial charge in [0.2, 0.25) is 0 Å². The summed E-state index contributed by atoms with van der Waals surface area (Å²) >= 11 is 5.99. The van der Waals surface area contributed by atoms with Crippen molar-refractivity contribution < 1.29 is 9.47 Å². The summed E-state index contributed by atoms with van der Waals surface area (Å²) in [6, 6.07) is 21.7. The molecule has 1 aliphatic heterocycles. The van der Waals surface area contributed by atoms with E-state index in [0.717, 1.165) is 39.6 Å². The molecular weight excluding hydrogens is 334 g/mol. The number of aliphatic imine (C=N–C) groups is 1. The maximum absolute atomic E-state index is 5.99. The topological polar surface area (TPSA) is 30.8 Å². The third-order valence-corrected chi connectivity index (χ3v) is 4.41. The number of ether oxygens (including phenoxy) is 2. The van der Waals surface area contributed by atoms with E-state index in [-0.39, 0.29) is 0 Å². The number of hydrogen-bond acceptors (Lipinski definition) is 3.